The lowest BCUT2D eigenvalue weighted by molar-refractivity contribution is -0.128. The van der Waals surface area contributed by atoms with Crippen LogP contribution in [0.15, 0.2) is 10.6 Å². The van der Waals surface area contributed by atoms with Crippen LogP contribution in [0.1, 0.15) is 56.7 Å². The van der Waals surface area contributed by atoms with E-state index < -0.39 is 5.54 Å². The molecule has 0 spiro atoms. The molecule has 0 aliphatic heterocycles. The summed E-state index contributed by atoms with van der Waals surface area (Å²) in [5.74, 6) is 1.18. The van der Waals surface area contributed by atoms with Gasteiger partial charge in [-0.1, -0.05) is 19.3 Å². The Bertz CT molecular complexity index is 422. The second-order valence-corrected chi connectivity index (χ2v) is 5.22. The minimum atomic E-state index is -0.714. The fourth-order valence-electron chi connectivity index (χ4n) is 2.38. The number of aromatic nitrogens is 1. The van der Waals surface area contributed by atoms with E-state index in [1.54, 1.807) is 6.20 Å². The number of aryl methyl sites for hydroxylation is 1. The van der Waals surface area contributed by atoms with Crippen molar-refractivity contribution in [3.05, 3.63) is 17.8 Å². The van der Waals surface area contributed by atoms with E-state index in [0.29, 0.717) is 5.89 Å². The molecule has 1 amide bonds. The average molecular weight is 251 g/mol. The van der Waals surface area contributed by atoms with Crippen molar-refractivity contribution in [2.24, 2.45) is 5.73 Å². The number of rotatable bonds is 3. The predicted molar refractivity (Wildman–Crippen MR) is 67.8 cm³/mol. The Balaban J connectivity index is 1.98. The first-order chi connectivity index (χ1) is 8.51. The summed E-state index contributed by atoms with van der Waals surface area (Å²) in [7, 11) is 0. The highest BCUT2D eigenvalue weighted by Crippen LogP contribution is 2.26. The molecule has 3 N–H and O–H groups in total. The Labute approximate surface area is 107 Å². The first-order valence-corrected chi connectivity index (χ1v) is 6.53. The number of amides is 1. The number of carbonyl (C=O) groups excluding carboxylic acids is 1. The molecule has 1 unspecified atom stereocenters. The van der Waals surface area contributed by atoms with Gasteiger partial charge < -0.3 is 15.5 Å². The number of nitrogens with two attached hydrogens (primary N) is 1. The monoisotopic (exact) mass is 251 g/mol. The molecule has 100 valence electrons. The molecule has 0 aromatic carbocycles. The minimum Gasteiger partial charge on any atom is -0.444 e. The Kier molecular flexibility index (Phi) is 3.71. The van der Waals surface area contributed by atoms with E-state index in [0.717, 1.165) is 31.4 Å². The zero-order valence-corrected chi connectivity index (χ0v) is 11.0. The van der Waals surface area contributed by atoms with E-state index >= 15 is 0 Å². The van der Waals surface area contributed by atoms with Crippen molar-refractivity contribution in [3.63, 3.8) is 0 Å². The van der Waals surface area contributed by atoms with Crippen molar-refractivity contribution >= 4 is 5.91 Å². The number of oxazole rings is 1. The highest BCUT2D eigenvalue weighted by atomic mass is 16.4. The lowest BCUT2D eigenvalue weighted by Gasteiger charge is -2.32. The largest absolute Gasteiger partial charge is 0.444 e. The third-order valence-electron chi connectivity index (χ3n) is 3.56. The van der Waals surface area contributed by atoms with Crippen LogP contribution in [0.25, 0.3) is 0 Å². The highest BCUT2D eigenvalue weighted by molar-refractivity contribution is 5.86. The first-order valence-electron chi connectivity index (χ1n) is 6.53. The predicted octanol–water partition coefficient (Wildman–Crippen LogP) is 1.82. The summed E-state index contributed by atoms with van der Waals surface area (Å²) in [6, 6.07) is -0.242. The summed E-state index contributed by atoms with van der Waals surface area (Å²) in [5, 5.41) is 2.90. The normalized spacial score (nSPS) is 20.4. The first kappa shape index (κ1) is 13.1. The Hall–Kier alpha value is -1.36. The molecule has 0 radical (unpaired) electrons. The van der Waals surface area contributed by atoms with E-state index in [2.05, 4.69) is 10.3 Å². The van der Waals surface area contributed by atoms with Gasteiger partial charge in [-0.3, -0.25) is 4.79 Å². The molecule has 1 aliphatic carbocycles. The summed E-state index contributed by atoms with van der Waals surface area (Å²) in [6.07, 6.45) is 6.39. The van der Waals surface area contributed by atoms with Crippen LogP contribution in [0, 0.1) is 6.92 Å². The van der Waals surface area contributed by atoms with Gasteiger partial charge in [0.15, 0.2) is 0 Å². The van der Waals surface area contributed by atoms with Crippen molar-refractivity contribution in [2.45, 2.75) is 57.5 Å². The smallest absolute Gasteiger partial charge is 0.240 e. The molecule has 2 rings (SSSR count). The molecule has 1 aromatic rings. The van der Waals surface area contributed by atoms with E-state index in [-0.39, 0.29) is 11.9 Å². The summed E-state index contributed by atoms with van der Waals surface area (Å²) >= 11 is 0. The Morgan fingerprint density at radius 1 is 1.50 bits per heavy atom. The molecular weight excluding hydrogens is 230 g/mol. The minimum absolute atomic E-state index is 0.0921. The molecule has 0 bridgehead atoms. The van der Waals surface area contributed by atoms with Crippen LogP contribution in [0.5, 0.6) is 0 Å². The molecule has 1 saturated carbocycles. The van der Waals surface area contributed by atoms with Gasteiger partial charge in [0, 0.05) is 0 Å². The van der Waals surface area contributed by atoms with Crippen molar-refractivity contribution in [2.75, 3.05) is 0 Å². The van der Waals surface area contributed by atoms with Gasteiger partial charge in [0.05, 0.1) is 11.7 Å². The van der Waals surface area contributed by atoms with Crippen LogP contribution < -0.4 is 11.1 Å². The maximum atomic E-state index is 12.2. The van der Waals surface area contributed by atoms with Crippen LogP contribution in [-0.2, 0) is 4.79 Å². The number of carbonyl (C=O) groups is 1. The second-order valence-electron chi connectivity index (χ2n) is 5.22. The number of hydrogen-bond acceptors (Lipinski definition) is 4. The third kappa shape index (κ3) is 2.72. The van der Waals surface area contributed by atoms with E-state index in [9.17, 15) is 4.79 Å². The quantitative estimate of drug-likeness (QED) is 0.858. The molecule has 1 fully saturated rings. The van der Waals surface area contributed by atoms with Crippen LogP contribution in [-0.4, -0.2) is 16.4 Å². The maximum Gasteiger partial charge on any atom is 0.240 e. The molecule has 1 aliphatic rings. The Morgan fingerprint density at radius 2 is 2.17 bits per heavy atom. The third-order valence-corrected chi connectivity index (χ3v) is 3.56. The van der Waals surface area contributed by atoms with Crippen molar-refractivity contribution in [1.29, 1.82) is 0 Å². The zero-order chi connectivity index (χ0) is 13.2. The molecule has 1 atom stereocenters. The van der Waals surface area contributed by atoms with Crippen LogP contribution in [0.4, 0.5) is 0 Å². The van der Waals surface area contributed by atoms with E-state index in [4.69, 9.17) is 10.2 Å². The van der Waals surface area contributed by atoms with Gasteiger partial charge in [-0.2, -0.15) is 0 Å². The number of nitrogens with one attached hydrogen (secondary N) is 1. The maximum absolute atomic E-state index is 12.2. The number of nitrogens with zero attached hydrogens (tertiary/aromatic N) is 1. The van der Waals surface area contributed by atoms with Gasteiger partial charge >= 0.3 is 0 Å². The topological polar surface area (TPSA) is 81.2 Å². The summed E-state index contributed by atoms with van der Waals surface area (Å²) in [6.45, 7) is 3.69. The molecule has 5 nitrogen and oxygen atoms in total. The second kappa shape index (κ2) is 5.10. The summed E-state index contributed by atoms with van der Waals surface area (Å²) < 4.78 is 5.40. The van der Waals surface area contributed by atoms with Crippen molar-refractivity contribution in [3.8, 4) is 0 Å². The van der Waals surface area contributed by atoms with Crippen LogP contribution in [0.2, 0.25) is 0 Å². The molecule has 0 saturated heterocycles. The standard InChI is InChI=1S/C13H21N3O2/c1-9-8-15-11(18-9)10(2)16-12(17)13(14)6-4-3-5-7-13/h8,10H,3-7,14H2,1-2H3,(H,16,17). The van der Waals surface area contributed by atoms with E-state index in [1.165, 1.54) is 6.42 Å². The van der Waals surface area contributed by atoms with Gasteiger partial charge in [0.2, 0.25) is 11.8 Å². The fourth-order valence-corrected chi connectivity index (χ4v) is 2.38. The molecule has 5 heteroatoms. The van der Waals surface area contributed by atoms with Gasteiger partial charge in [-0.25, -0.2) is 4.98 Å². The van der Waals surface area contributed by atoms with Gasteiger partial charge in [-0.15, -0.1) is 0 Å². The molecular formula is C13H21N3O2. The SMILES string of the molecule is Cc1cnc(C(C)NC(=O)C2(N)CCCCC2)o1. The lowest BCUT2D eigenvalue weighted by Crippen LogP contribution is -2.55. The van der Waals surface area contributed by atoms with Crippen LogP contribution in [0.3, 0.4) is 0 Å². The zero-order valence-electron chi connectivity index (χ0n) is 11.0. The Morgan fingerprint density at radius 3 is 2.72 bits per heavy atom. The number of hydrogen-bond donors (Lipinski definition) is 2. The lowest BCUT2D eigenvalue weighted by atomic mass is 9.82. The van der Waals surface area contributed by atoms with Gasteiger partial charge in [0.25, 0.3) is 0 Å². The van der Waals surface area contributed by atoms with Crippen LogP contribution >= 0.6 is 0 Å². The summed E-state index contributed by atoms with van der Waals surface area (Å²) in [5.41, 5.74) is 5.46. The average Bonchev–Trinajstić information content (AvgIpc) is 2.77. The van der Waals surface area contributed by atoms with Crippen molar-refractivity contribution in [1.82, 2.24) is 10.3 Å². The molecule has 18 heavy (non-hydrogen) atoms. The fraction of sp³-hybridized carbons (Fsp3) is 0.692. The van der Waals surface area contributed by atoms with Gasteiger partial charge in [0.1, 0.15) is 11.8 Å². The van der Waals surface area contributed by atoms with Gasteiger partial charge in [-0.05, 0) is 26.7 Å². The molecule has 1 aromatic heterocycles. The van der Waals surface area contributed by atoms with E-state index in [1.807, 2.05) is 13.8 Å². The molecule has 1 heterocycles. The van der Waals surface area contributed by atoms with Crippen molar-refractivity contribution < 1.29 is 9.21 Å². The summed E-state index contributed by atoms with van der Waals surface area (Å²) in [4.78, 5) is 16.3. The highest BCUT2D eigenvalue weighted by Gasteiger charge is 2.36.